The molecule has 2 rings (SSSR count). The van der Waals surface area contributed by atoms with Gasteiger partial charge in [0.25, 0.3) is 0 Å². The smallest absolute Gasteiger partial charge is 0.354 e. The topological polar surface area (TPSA) is 103 Å². The van der Waals surface area contributed by atoms with Gasteiger partial charge in [0.2, 0.25) is 0 Å². The van der Waals surface area contributed by atoms with E-state index in [2.05, 4.69) is 4.98 Å². The van der Waals surface area contributed by atoms with Crippen molar-refractivity contribution in [2.45, 2.75) is 6.61 Å². The van der Waals surface area contributed by atoms with Crippen molar-refractivity contribution in [3.63, 3.8) is 0 Å². The molecule has 0 aliphatic heterocycles. The first-order chi connectivity index (χ1) is 9.99. The Bertz CT molecular complexity index is 705. The van der Waals surface area contributed by atoms with Crippen LogP contribution in [-0.4, -0.2) is 21.0 Å². The number of aromatic carboxylic acids is 1. The van der Waals surface area contributed by atoms with Crippen LogP contribution in [0.4, 0.5) is 5.69 Å². The van der Waals surface area contributed by atoms with Crippen molar-refractivity contribution >= 4 is 23.3 Å². The number of hydrogen-bond donors (Lipinski definition) is 1. The number of hydrogen-bond acceptors (Lipinski definition) is 5. The van der Waals surface area contributed by atoms with E-state index in [1.807, 2.05) is 0 Å². The SMILES string of the molecule is O=C(O)c1ncccc1COc1cc(Cl)ccc1[N+](=O)[O-]. The molecule has 0 fully saturated rings. The van der Waals surface area contributed by atoms with E-state index in [4.69, 9.17) is 21.4 Å². The van der Waals surface area contributed by atoms with E-state index >= 15 is 0 Å². The van der Waals surface area contributed by atoms with Gasteiger partial charge >= 0.3 is 11.7 Å². The van der Waals surface area contributed by atoms with Gasteiger partial charge in [-0.05, 0) is 12.1 Å². The standard InChI is InChI=1S/C13H9ClN2O5/c14-9-3-4-10(16(19)20)11(6-9)21-7-8-2-1-5-15-12(8)13(17)18/h1-6H,7H2,(H,17,18). The highest BCUT2D eigenvalue weighted by molar-refractivity contribution is 6.30. The van der Waals surface area contributed by atoms with Crippen LogP contribution < -0.4 is 4.74 Å². The summed E-state index contributed by atoms with van der Waals surface area (Å²) in [6, 6.07) is 6.97. The minimum atomic E-state index is -1.20. The Morgan fingerprint density at radius 2 is 2.19 bits per heavy atom. The zero-order chi connectivity index (χ0) is 15.4. The van der Waals surface area contributed by atoms with Gasteiger partial charge in [-0.1, -0.05) is 17.7 Å². The molecule has 0 radical (unpaired) electrons. The number of nitrogens with zero attached hydrogens (tertiary/aromatic N) is 2. The maximum Gasteiger partial charge on any atom is 0.354 e. The number of carboxylic acids is 1. The molecule has 0 atom stereocenters. The molecule has 0 bridgehead atoms. The van der Waals surface area contributed by atoms with Gasteiger partial charge in [0.15, 0.2) is 11.4 Å². The fourth-order valence-electron chi connectivity index (χ4n) is 1.66. The highest BCUT2D eigenvalue weighted by atomic mass is 35.5. The molecule has 1 aromatic heterocycles. The number of rotatable bonds is 5. The van der Waals surface area contributed by atoms with E-state index in [0.717, 1.165) is 0 Å². The number of ether oxygens (including phenoxy) is 1. The quantitative estimate of drug-likeness (QED) is 0.673. The second kappa shape index (κ2) is 6.19. The minimum Gasteiger partial charge on any atom is -0.482 e. The van der Waals surface area contributed by atoms with Crippen molar-refractivity contribution in [2.75, 3.05) is 0 Å². The number of halogens is 1. The van der Waals surface area contributed by atoms with Gasteiger partial charge in [-0.25, -0.2) is 9.78 Å². The Labute approximate surface area is 123 Å². The average molecular weight is 309 g/mol. The minimum absolute atomic E-state index is 0.0345. The summed E-state index contributed by atoms with van der Waals surface area (Å²) in [5.41, 5.74) is -0.110. The average Bonchev–Trinajstić information content (AvgIpc) is 2.45. The summed E-state index contributed by atoms with van der Waals surface area (Å²) in [6.07, 6.45) is 1.34. The van der Waals surface area contributed by atoms with Gasteiger partial charge < -0.3 is 9.84 Å². The van der Waals surface area contributed by atoms with Gasteiger partial charge in [-0.15, -0.1) is 0 Å². The number of benzene rings is 1. The first kappa shape index (κ1) is 14.7. The van der Waals surface area contributed by atoms with E-state index in [9.17, 15) is 14.9 Å². The fraction of sp³-hybridized carbons (Fsp3) is 0.0769. The largest absolute Gasteiger partial charge is 0.482 e. The fourth-order valence-corrected chi connectivity index (χ4v) is 1.82. The summed E-state index contributed by atoms with van der Waals surface area (Å²) >= 11 is 5.78. The van der Waals surface area contributed by atoms with Gasteiger partial charge in [0, 0.05) is 28.9 Å². The number of carboxylic acid groups (broad SMARTS) is 1. The van der Waals surface area contributed by atoms with Crippen LogP contribution >= 0.6 is 11.6 Å². The van der Waals surface area contributed by atoms with Crippen LogP contribution in [0.5, 0.6) is 5.75 Å². The van der Waals surface area contributed by atoms with Gasteiger partial charge in [0.05, 0.1) is 4.92 Å². The Kier molecular flexibility index (Phi) is 4.34. The molecule has 0 saturated carbocycles. The lowest BCUT2D eigenvalue weighted by molar-refractivity contribution is -0.385. The van der Waals surface area contributed by atoms with Crippen LogP contribution in [0.25, 0.3) is 0 Å². The molecule has 2 aromatic rings. The van der Waals surface area contributed by atoms with Crippen molar-refractivity contribution in [2.24, 2.45) is 0 Å². The highest BCUT2D eigenvalue weighted by Crippen LogP contribution is 2.30. The lowest BCUT2D eigenvalue weighted by Gasteiger charge is -2.08. The Balaban J connectivity index is 2.27. The van der Waals surface area contributed by atoms with E-state index < -0.39 is 10.9 Å². The van der Waals surface area contributed by atoms with E-state index in [0.29, 0.717) is 5.56 Å². The Hall–Kier alpha value is -2.67. The van der Waals surface area contributed by atoms with Gasteiger partial charge in [-0.2, -0.15) is 0 Å². The molecule has 0 saturated heterocycles. The molecule has 1 N–H and O–H groups in total. The lowest BCUT2D eigenvalue weighted by Crippen LogP contribution is -2.08. The van der Waals surface area contributed by atoms with E-state index in [1.165, 1.54) is 30.5 Å². The summed E-state index contributed by atoms with van der Waals surface area (Å²) in [7, 11) is 0. The van der Waals surface area contributed by atoms with Crippen LogP contribution in [-0.2, 0) is 6.61 Å². The van der Waals surface area contributed by atoms with Crippen molar-refractivity contribution in [1.29, 1.82) is 0 Å². The third-order valence-corrected chi connectivity index (χ3v) is 2.83. The van der Waals surface area contributed by atoms with Crippen molar-refractivity contribution in [3.8, 4) is 5.75 Å². The van der Waals surface area contributed by atoms with E-state index in [1.54, 1.807) is 6.07 Å². The third-order valence-electron chi connectivity index (χ3n) is 2.60. The Morgan fingerprint density at radius 1 is 1.43 bits per heavy atom. The summed E-state index contributed by atoms with van der Waals surface area (Å²) in [4.78, 5) is 25.0. The number of pyridine rings is 1. The zero-order valence-corrected chi connectivity index (χ0v) is 11.3. The monoisotopic (exact) mass is 308 g/mol. The molecule has 0 spiro atoms. The third kappa shape index (κ3) is 3.46. The lowest BCUT2D eigenvalue weighted by atomic mass is 10.2. The summed E-state index contributed by atoms with van der Waals surface area (Å²) in [6.45, 7) is -0.170. The van der Waals surface area contributed by atoms with Gasteiger partial charge in [0.1, 0.15) is 6.61 Å². The molecule has 1 heterocycles. The molecule has 0 aliphatic rings. The molecule has 7 nitrogen and oxygen atoms in total. The van der Waals surface area contributed by atoms with Crippen molar-refractivity contribution in [1.82, 2.24) is 4.98 Å². The van der Waals surface area contributed by atoms with Crippen molar-refractivity contribution < 1.29 is 19.6 Å². The highest BCUT2D eigenvalue weighted by Gasteiger charge is 2.17. The molecule has 0 amide bonds. The molecule has 1 aromatic carbocycles. The predicted molar refractivity (Wildman–Crippen MR) is 73.6 cm³/mol. The molecular weight excluding hydrogens is 300 g/mol. The number of aromatic nitrogens is 1. The number of nitro benzene ring substituents is 1. The van der Waals surface area contributed by atoms with Crippen LogP contribution in [0.15, 0.2) is 36.5 Å². The molecule has 21 heavy (non-hydrogen) atoms. The maximum atomic E-state index is 11.0. The van der Waals surface area contributed by atoms with Crippen LogP contribution in [0.2, 0.25) is 5.02 Å². The Morgan fingerprint density at radius 3 is 2.86 bits per heavy atom. The molecular formula is C13H9ClN2O5. The van der Waals surface area contributed by atoms with Crippen LogP contribution in [0.3, 0.4) is 0 Å². The normalized spacial score (nSPS) is 10.1. The second-order valence-corrected chi connectivity index (χ2v) is 4.41. The van der Waals surface area contributed by atoms with Crippen LogP contribution in [0, 0.1) is 10.1 Å². The predicted octanol–water partition coefficient (Wildman–Crippen LogP) is 2.92. The number of nitro groups is 1. The molecule has 108 valence electrons. The first-order valence-corrected chi connectivity index (χ1v) is 6.10. The molecule has 8 heteroatoms. The van der Waals surface area contributed by atoms with Gasteiger partial charge in [-0.3, -0.25) is 10.1 Å². The van der Waals surface area contributed by atoms with Crippen LogP contribution in [0.1, 0.15) is 16.1 Å². The summed E-state index contributed by atoms with van der Waals surface area (Å²) < 4.78 is 5.33. The molecule has 0 aliphatic carbocycles. The zero-order valence-electron chi connectivity index (χ0n) is 10.5. The summed E-state index contributed by atoms with van der Waals surface area (Å²) in [5, 5.41) is 20.2. The second-order valence-electron chi connectivity index (χ2n) is 3.97. The maximum absolute atomic E-state index is 11.0. The molecule has 0 unspecified atom stereocenters. The van der Waals surface area contributed by atoms with E-state index in [-0.39, 0.29) is 28.8 Å². The number of carbonyl (C=O) groups is 1. The van der Waals surface area contributed by atoms with Crippen molar-refractivity contribution in [3.05, 3.63) is 62.9 Å². The summed E-state index contributed by atoms with van der Waals surface area (Å²) in [5.74, 6) is -1.23. The first-order valence-electron chi connectivity index (χ1n) is 5.73.